The second-order valence-electron chi connectivity index (χ2n) is 6.94. The van der Waals surface area contributed by atoms with Gasteiger partial charge in [0, 0.05) is 5.67 Å². The fourth-order valence-corrected chi connectivity index (χ4v) is 5.59. The van der Waals surface area contributed by atoms with Gasteiger partial charge in [0.25, 0.3) is 0 Å². The molecule has 0 saturated heterocycles. The van der Waals surface area contributed by atoms with Crippen molar-refractivity contribution in [3.63, 3.8) is 0 Å². The van der Waals surface area contributed by atoms with Crippen LogP contribution in [-0.2, 0) is 10.0 Å². The molecule has 0 saturated carbocycles. The molecule has 3 nitrogen and oxygen atoms in total. The molecule has 19 heavy (non-hydrogen) atoms. The average molecular weight is 300 g/mol. The minimum atomic E-state index is -3.34. The van der Waals surface area contributed by atoms with E-state index in [9.17, 15) is 8.42 Å². The molecular formula is C14H25NO2SSi. The summed E-state index contributed by atoms with van der Waals surface area (Å²) in [6.07, 6.45) is 0. The Hall–Kier alpha value is -0.653. The number of rotatable bonds is 4. The first-order valence-electron chi connectivity index (χ1n) is 6.52. The van der Waals surface area contributed by atoms with Gasteiger partial charge in [-0.3, -0.25) is 0 Å². The van der Waals surface area contributed by atoms with Gasteiger partial charge in [-0.15, -0.1) is 0 Å². The Morgan fingerprint density at radius 3 is 1.89 bits per heavy atom. The van der Waals surface area contributed by atoms with Crippen LogP contribution in [0, 0.1) is 0 Å². The molecular weight excluding hydrogens is 274 g/mol. The SMILES string of the molecule is CC(C)(C)S(=O)(=O)N[C@@H](c1ccccc1)[Si](C)(C)C. The zero-order valence-corrected chi connectivity index (χ0v) is 14.5. The van der Waals surface area contributed by atoms with E-state index >= 15 is 0 Å². The molecule has 0 aromatic heterocycles. The quantitative estimate of drug-likeness (QED) is 0.867. The maximum atomic E-state index is 12.4. The maximum absolute atomic E-state index is 12.4. The molecule has 1 aromatic rings. The highest BCUT2D eigenvalue weighted by Crippen LogP contribution is 2.27. The van der Waals surface area contributed by atoms with E-state index in [1.807, 2.05) is 30.3 Å². The van der Waals surface area contributed by atoms with E-state index in [1.54, 1.807) is 20.8 Å². The maximum Gasteiger partial charge on any atom is 0.216 e. The largest absolute Gasteiger partial charge is 0.216 e. The lowest BCUT2D eigenvalue weighted by Crippen LogP contribution is -2.48. The minimum absolute atomic E-state index is 0.0991. The highest BCUT2D eigenvalue weighted by Gasteiger charge is 2.36. The lowest BCUT2D eigenvalue weighted by Gasteiger charge is -2.33. The molecule has 108 valence electrons. The first-order chi connectivity index (χ1) is 8.45. The third-order valence-corrected chi connectivity index (χ3v) is 7.66. The van der Waals surface area contributed by atoms with Crippen molar-refractivity contribution in [3.8, 4) is 0 Å². The van der Waals surface area contributed by atoms with E-state index in [0.717, 1.165) is 5.56 Å². The fraction of sp³-hybridized carbons (Fsp3) is 0.571. The molecule has 0 aliphatic rings. The summed E-state index contributed by atoms with van der Waals surface area (Å²) in [5.74, 6) is 0. The van der Waals surface area contributed by atoms with Crippen LogP contribution in [0.1, 0.15) is 32.0 Å². The molecule has 0 spiro atoms. The summed E-state index contributed by atoms with van der Waals surface area (Å²) in [7, 11) is -5.05. The van der Waals surface area contributed by atoms with Crippen molar-refractivity contribution in [2.24, 2.45) is 0 Å². The molecule has 0 aliphatic heterocycles. The average Bonchev–Trinajstić information content (AvgIpc) is 2.24. The number of benzene rings is 1. The van der Waals surface area contributed by atoms with E-state index in [1.165, 1.54) is 0 Å². The zero-order chi connectivity index (χ0) is 14.9. The molecule has 1 rings (SSSR count). The molecule has 0 fully saturated rings. The van der Waals surface area contributed by atoms with Crippen molar-refractivity contribution >= 4 is 18.1 Å². The lowest BCUT2D eigenvalue weighted by atomic mass is 10.2. The summed E-state index contributed by atoms with van der Waals surface area (Å²) in [4.78, 5) is 0. The molecule has 0 aliphatic carbocycles. The van der Waals surface area contributed by atoms with E-state index in [2.05, 4.69) is 24.4 Å². The predicted octanol–water partition coefficient (Wildman–Crippen LogP) is 3.32. The van der Waals surface area contributed by atoms with Crippen LogP contribution in [-0.4, -0.2) is 21.2 Å². The van der Waals surface area contributed by atoms with Gasteiger partial charge in [0.2, 0.25) is 10.0 Å². The van der Waals surface area contributed by atoms with Crippen LogP contribution in [0.4, 0.5) is 0 Å². The number of nitrogens with one attached hydrogen (secondary N) is 1. The van der Waals surface area contributed by atoms with Gasteiger partial charge in [0.05, 0.1) is 12.8 Å². The van der Waals surface area contributed by atoms with E-state index in [-0.39, 0.29) is 5.67 Å². The second kappa shape index (κ2) is 5.38. The molecule has 0 unspecified atom stereocenters. The summed E-state index contributed by atoms with van der Waals surface area (Å²) in [6.45, 7) is 11.7. The first kappa shape index (κ1) is 16.4. The van der Waals surface area contributed by atoms with Crippen molar-refractivity contribution in [1.82, 2.24) is 4.72 Å². The van der Waals surface area contributed by atoms with Gasteiger partial charge in [0.15, 0.2) is 0 Å². The summed E-state index contributed by atoms with van der Waals surface area (Å²) >= 11 is 0. The van der Waals surface area contributed by atoms with Crippen LogP contribution in [0.3, 0.4) is 0 Å². The molecule has 0 amide bonds. The van der Waals surface area contributed by atoms with Crippen molar-refractivity contribution in [1.29, 1.82) is 0 Å². The van der Waals surface area contributed by atoms with Crippen molar-refractivity contribution in [3.05, 3.63) is 35.9 Å². The van der Waals surface area contributed by atoms with Gasteiger partial charge in [-0.25, -0.2) is 13.1 Å². The number of hydrogen-bond donors (Lipinski definition) is 1. The van der Waals surface area contributed by atoms with E-state index < -0.39 is 22.8 Å². The van der Waals surface area contributed by atoms with E-state index in [4.69, 9.17) is 0 Å². The first-order valence-corrected chi connectivity index (χ1v) is 11.6. The van der Waals surface area contributed by atoms with Crippen LogP contribution < -0.4 is 4.72 Å². The van der Waals surface area contributed by atoms with Gasteiger partial charge in [-0.1, -0.05) is 50.0 Å². The molecule has 5 heteroatoms. The van der Waals surface area contributed by atoms with Crippen molar-refractivity contribution < 1.29 is 8.42 Å². The van der Waals surface area contributed by atoms with E-state index in [0.29, 0.717) is 0 Å². The zero-order valence-electron chi connectivity index (χ0n) is 12.7. The standard InChI is InChI=1S/C14H25NO2SSi/c1-14(2,3)18(16,17)15-13(19(4,5)6)12-10-8-7-9-11-12/h7-11,13,15H,1-6H3/t13-/m1/s1. The molecule has 0 bridgehead atoms. The second-order valence-corrected chi connectivity index (χ2v) is 14.7. The topological polar surface area (TPSA) is 46.2 Å². The van der Waals surface area contributed by atoms with Crippen LogP contribution in [0.5, 0.6) is 0 Å². The monoisotopic (exact) mass is 299 g/mol. The van der Waals surface area contributed by atoms with Crippen molar-refractivity contribution in [2.75, 3.05) is 0 Å². The molecule has 0 radical (unpaired) electrons. The van der Waals surface area contributed by atoms with Gasteiger partial charge in [-0.2, -0.15) is 0 Å². The highest BCUT2D eigenvalue weighted by atomic mass is 32.2. The predicted molar refractivity (Wildman–Crippen MR) is 84.3 cm³/mol. The molecule has 0 heterocycles. The summed E-state index contributed by atoms with van der Waals surface area (Å²) < 4.78 is 26.9. The Morgan fingerprint density at radius 1 is 1.05 bits per heavy atom. The Kier molecular flexibility index (Phi) is 4.65. The lowest BCUT2D eigenvalue weighted by molar-refractivity contribution is 0.541. The molecule has 1 atom stereocenters. The smallest absolute Gasteiger partial charge is 0.212 e. The minimum Gasteiger partial charge on any atom is -0.212 e. The molecule has 1 aromatic carbocycles. The normalized spacial score (nSPS) is 15.3. The third-order valence-electron chi connectivity index (χ3n) is 3.08. The number of hydrogen-bond acceptors (Lipinski definition) is 2. The van der Waals surface area contributed by atoms with Crippen LogP contribution in [0.15, 0.2) is 30.3 Å². The van der Waals surface area contributed by atoms with Crippen LogP contribution in [0.25, 0.3) is 0 Å². The summed E-state index contributed by atoms with van der Waals surface area (Å²) in [5.41, 5.74) is 0.951. The van der Waals surface area contributed by atoms with Gasteiger partial charge < -0.3 is 0 Å². The molecule has 1 N–H and O–H groups in total. The highest BCUT2D eigenvalue weighted by molar-refractivity contribution is 7.90. The van der Waals surface area contributed by atoms with Gasteiger partial charge in [0.1, 0.15) is 0 Å². The third kappa shape index (κ3) is 4.16. The number of sulfonamides is 1. The van der Waals surface area contributed by atoms with Crippen LogP contribution >= 0.6 is 0 Å². The van der Waals surface area contributed by atoms with Crippen molar-refractivity contribution in [2.45, 2.75) is 50.8 Å². The van der Waals surface area contributed by atoms with Gasteiger partial charge >= 0.3 is 0 Å². The van der Waals surface area contributed by atoms with Crippen LogP contribution in [0.2, 0.25) is 19.6 Å². The fourth-order valence-electron chi connectivity index (χ4n) is 1.72. The Bertz CT molecular complexity index is 513. The Labute approximate surface area is 118 Å². The Morgan fingerprint density at radius 2 is 1.53 bits per heavy atom. The van der Waals surface area contributed by atoms with Gasteiger partial charge in [-0.05, 0) is 26.3 Å². The summed E-state index contributed by atoms with van der Waals surface area (Å²) in [5, 5.41) is 0. The summed E-state index contributed by atoms with van der Waals surface area (Å²) in [6, 6.07) is 9.84. The Balaban J connectivity index is 3.17.